The van der Waals surface area contributed by atoms with Crippen LogP contribution in [0.4, 0.5) is 0 Å². The number of benzene rings is 2. The van der Waals surface area contributed by atoms with E-state index < -0.39 is 0 Å². The molecule has 0 radical (unpaired) electrons. The minimum atomic E-state index is 1.18. The number of hydrogen-bond donors (Lipinski definition) is 0. The van der Waals surface area contributed by atoms with Crippen molar-refractivity contribution < 1.29 is 0 Å². The van der Waals surface area contributed by atoms with Gasteiger partial charge in [-0.25, -0.2) is 0 Å². The van der Waals surface area contributed by atoms with Crippen LogP contribution in [0.25, 0.3) is 0 Å². The lowest BCUT2D eigenvalue weighted by Gasteiger charge is -2.35. The highest BCUT2D eigenvalue weighted by molar-refractivity contribution is 5.63. The summed E-state index contributed by atoms with van der Waals surface area (Å²) >= 11 is 0. The van der Waals surface area contributed by atoms with Crippen molar-refractivity contribution in [1.82, 2.24) is 0 Å². The van der Waals surface area contributed by atoms with Crippen LogP contribution in [0.1, 0.15) is 199 Å². The Morgan fingerprint density at radius 2 is 0.548 bits per heavy atom. The second kappa shape index (κ2) is 18.3. The van der Waals surface area contributed by atoms with E-state index in [1.165, 1.54) is 141 Å². The Morgan fingerprint density at radius 1 is 0.286 bits per heavy atom. The Bertz CT molecular complexity index is 1030. The van der Waals surface area contributed by atoms with Gasteiger partial charge in [-0.15, -0.1) is 0 Å². The lowest BCUT2D eigenvalue weighted by molar-refractivity contribution is 0.658. The minimum absolute atomic E-state index is 1.18. The zero-order valence-corrected chi connectivity index (χ0v) is 29.6. The summed E-state index contributed by atoms with van der Waals surface area (Å²) in [5.74, 6) is 0. The molecule has 0 fully saturated rings. The second-order valence-corrected chi connectivity index (χ2v) is 13.3. The zero-order chi connectivity index (χ0) is 30.5. The quantitative estimate of drug-likeness (QED) is 0.118. The monoisotopic (exact) mass is 573 g/mol. The van der Waals surface area contributed by atoms with E-state index in [1.807, 2.05) is 22.3 Å². The first-order chi connectivity index (χ1) is 20.6. The van der Waals surface area contributed by atoms with Crippen molar-refractivity contribution in [1.29, 1.82) is 0 Å². The van der Waals surface area contributed by atoms with Crippen LogP contribution in [0.2, 0.25) is 0 Å². The van der Waals surface area contributed by atoms with E-state index in [9.17, 15) is 0 Å². The molecule has 2 aromatic rings. The summed E-state index contributed by atoms with van der Waals surface area (Å²) in [5.41, 5.74) is 21.3. The van der Waals surface area contributed by atoms with Crippen LogP contribution in [-0.4, -0.2) is 0 Å². The number of fused-ring (bicyclic) bond motifs is 2. The molecule has 0 spiro atoms. The summed E-state index contributed by atoms with van der Waals surface area (Å²) in [6.07, 6.45) is 28.5. The Morgan fingerprint density at radius 3 is 0.810 bits per heavy atom. The van der Waals surface area contributed by atoms with Gasteiger partial charge in [0.05, 0.1) is 0 Å². The molecule has 0 saturated carbocycles. The van der Waals surface area contributed by atoms with Crippen molar-refractivity contribution in [3.8, 4) is 0 Å². The van der Waals surface area contributed by atoms with E-state index in [0.29, 0.717) is 0 Å². The van der Waals surface area contributed by atoms with Crippen LogP contribution in [0.15, 0.2) is 0 Å². The normalized spacial score (nSPS) is 12.6. The Kier molecular flexibility index (Phi) is 15.2. The third kappa shape index (κ3) is 7.93. The van der Waals surface area contributed by atoms with Crippen molar-refractivity contribution >= 4 is 0 Å². The fourth-order valence-electron chi connectivity index (χ4n) is 8.51. The fraction of sp³-hybridized carbons (Fsp3) is 0.714. The van der Waals surface area contributed by atoms with E-state index in [1.54, 1.807) is 44.5 Å². The second-order valence-electron chi connectivity index (χ2n) is 13.3. The molecule has 0 unspecified atom stereocenters. The lowest BCUT2D eigenvalue weighted by Crippen LogP contribution is -2.22. The van der Waals surface area contributed by atoms with Gasteiger partial charge in [0.15, 0.2) is 0 Å². The number of unbranched alkanes of at least 4 members (excludes halogenated alkanes) is 8. The van der Waals surface area contributed by atoms with Crippen LogP contribution < -0.4 is 0 Å². The van der Waals surface area contributed by atoms with E-state index in [2.05, 4.69) is 55.4 Å². The fourth-order valence-corrected chi connectivity index (χ4v) is 8.51. The maximum absolute atomic E-state index is 2.43. The predicted octanol–water partition coefficient (Wildman–Crippen LogP) is 12.4. The SMILES string of the molecule is CCCCCc1c(CCCCC)c(CCCCC)c2c(c1CCCCC)Cc1c(CC)c(CC)c(CC)c(CC)c1C2. The smallest absolute Gasteiger partial charge is 0.00142 e. The van der Waals surface area contributed by atoms with E-state index >= 15 is 0 Å². The predicted molar refractivity (Wildman–Crippen MR) is 189 cm³/mol. The Balaban J connectivity index is 2.36. The summed E-state index contributed by atoms with van der Waals surface area (Å²) in [7, 11) is 0. The molecule has 2 aromatic carbocycles. The van der Waals surface area contributed by atoms with Gasteiger partial charge in [0.2, 0.25) is 0 Å². The average molecular weight is 573 g/mol. The molecule has 0 aromatic heterocycles. The molecule has 3 rings (SSSR count). The van der Waals surface area contributed by atoms with Crippen LogP contribution in [0.5, 0.6) is 0 Å². The maximum atomic E-state index is 2.43. The highest BCUT2D eigenvalue weighted by atomic mass is 14.3. The van der Waals surface area contributed by atoms with Crippen LogP contribution in [-0.2, 0) is 64.2 Å². The zero-order valence-electron chi connectivity index (χ0n) is 29.6. The summed E-state index contributed by atoms with van der Waals surface area (Å²) in [5, 5.41) is 0. The molecular formula is C42H68. The van der Waals surface area contributed by atoms with Crippen molar-refractivity contribution in [2.75, 3.05) is 0 Å². The highest BCUT2D eigenvalue weighted by Gasteiger charge is 2.30. The molecule has 0 heteroatoms. The molecule has 1 aliphatic carbocycles. The molecule has 0 amide bonds. The Labute approximate surface area is 262 Å². The topological polar surface area (TPSA) is 0 Å². The Hall–Kier alpha value is -1.56. The molecule has 42 heavy (non-hydrogen) atoms. The first kappa shape index (κ1) is 34.9. The summed E-state index contributed by atoms with van der Waals surface area (Å²) in [4.78, 5) is 0. The summed E-state index contributed by atoms with van der Waals surface area (Å²) in [6, 6.07) is 0. The van der Waals surface area contributed by atoms with Gasteiger partial charge >= 0.3 is 0 Å². The third-order valence-corrected chi connectivity index (χ3v) is 10.6. The van der Waals surface area contributed by atoms with Crippen molar-refractivity contribution in [3.63, 3.8) is 0 Å². The van der Waals surface area contributed by atoms with Gasteiger partial charge in [-0.05, 0) is 157 Å². The largest absolute Gasteiger partial charge is 0.0654 e. The molecule has 0 N–H and O–H groups in total. The minimum Gasteiger partial charge on any atom is -0.0654 e. The van der Waals surface area contributed by atoms with Gasteiger partial charge in [0, 0.05) is 0 Å². The van der Waals surface area contributed by atoms with Crippen molar-refractivity contribution in [2.24, 2.45) is 0 Å². The van der Waals surface area contributed by atoms with Crippen molar-refractivity contribution in [3.05, 3.63) is 66.8 Å². The van der Waals surface area contributed by atoms with Crippen LogP contribution in [0.3, 0.4) is 0 Å². The van der Waals surface area contributed by atoms with Crippen LogP contribution >= 0.6 is 0 Å². The maximum Gasteiger partial charge on any atom is -0.00142 e. The molecule has 0 nitrogen and oxygen atoms in total. The van der Waals surface area contributed by atoms with Gasteiger partial charge < -0.3 is 0 Å². The first-order valence-electron chi connectivity index (χ1n) is 18.9. The van der Waals surface area contributed by atoms with Gasteiger partial charge in [-0.2, -0.15) is 0 Å². The molecule has 236 valence electrons. The molecule has 0 atom stereocenters. The molecular weight excluding hydrogens is 504 g/mol. The third-order valence-electron chi connectivity index (χ3n) is 10.6. The van der Waals surface area contributed by atoms with E-state index in [0.717, 1.165) is 0 Å². The molecule has 0 heterocycles. The van der Waals surface area contributed by atoms with E-state index in [4.69, 9.17) is 0 Å². The van der Waals surface area contributed by atoms with Gasteiger partial charge in [0.25, 0.3) is 0 Å². The van der Waals surface area contributed by atoms with Gasteiger partial charge in [-0.3, -0.25) is 0 Å². The number of rotatable bonds is 20. The average Bonchev–Trinajstić information content (AvgIpc) is 3.01. The first-order valence-corrected chi connectivity index (χ1v) is 18.9. The molecule has 0 saturated heterocycles. The molecule has 0 aliphatic heterocycles. The molecule has 0 bridgehead atoms. The van der Waals surface area contributed by atoms with Crippen molar-refractivity contribution in [2.45, 2.75) is 197 Å². The number of hydrogen-bond acceptors (Lipinski definition) is 0. The van der Waals surface area contributed by atoms with E-state index in [-0.39, 0.29) is 0 Å². The summed E-state index contributed by atoms with van der Waals surface area (Å²) in [6.45, 7) is 19.2. The summed E-state index contributed by atoms with van der Waals surface area (Å²) < 4.78 is 0. The van der Waals surface area contributed by atoms with Gasteiger partial charge in [0.1, 0.15) is 0 Å². The molecule has 1 aliphatic rings. The highest BCUT2D eigenvalue weighted by Crippen LogP contribution is 2.43. The standard InChI is InChI=1S/C42H68/c1-9-17-21-25-35-36(26-22-18-10-2)38(28-24-20-12-4)42-30-40-34(16-8)32(14-6)31(13-5)33(15-7)39(40)29-41(42)37(35)27-23-19-11-3/h9-30H2,1-8H3. The lowest BCUT2D eigenvalue weighted by atomic mass is 9.70. The van der Waals surface area contributed by atoms with Crippen LogP contribution in [0, 0.1) is 0 Å². The van der Waals surface area contributed by atoms with Gasteiger partial charge in [-0.1, -0.05) is 107 Å².